The second-order valence-electron chi connectivity index (χ2n) is 6.43. The van der Waals surface area contributed by atoms with Crippen LogP contribution < -0.4 is 10.9 Å². The van der Waals surface area contributed by atoms with E-state index in [0.29, 0.717) is 10.3 Å². The molecule has 0 spiro atoms. The molecule has 0 saturated carbocycles. The van der Waals surface area contributed by atoms with Crippen LogP contribution in [-0.4, -0.2) is 26.6 Å². The standard InChI is InChI=1S/C19H22N4O2S2/c1-4-5-6-13-9-15(24)21-18(20-13)26-10-16(25)22-19-23-17-12(3)7-11(2)8-14(17)27-19/h7-9H,4-6,10H2,1-3H3,(H,20,21,24)(H,22,23,25). The summed E-state index contributed by atoms with van der Waals surface area (Å²) in [6.07, 6.45) is 2.79. The second-order valence-corrected chi connectivity index (χ2v) is 8.42. The van der Waals surface area contributed by atoms with Gasteiger partial charge in [-0.1, -0.05) is 42.5 Å². The number of nitrogens with one attached hydrogen (secondary N) is 2. The van der Waals surface area contributed by atoms with Gasteiger partial charge in [-0.2, -0.15) is 0 Å². The number of H-pyrrole nitrogens is 1. The van der Waals surface area contributed by atoms with Crippen molar-refractivity contribution in [3.8, 4) is 0 Å². The zero-order valence-electron chi connectivity index (χ0n) is 15.6. The number of aromatic nitrogens is 3. The Morgan fingerprint density at radius 2 is 2.07 bits per heavy atom. The van der Waals surface area contributed by atoms with Crippen LogP contribution in [0.2, 0.25) is 0 Å². The Kier molecular flexibility index (Phi) is 6.28. The van der Waals surface area contributed by atoms with Crippen LogP contribution in [0.1, 0.15) is 36.6 Å². The highest BCUT2D eigenvalue weighted by Crippen LogP contribution is 2.29. The van der Waals surface area contributed by atoms with Crippen molar-refractivity contribution in [3.05, 3.63) is 45.4 Å². The van der Waals surface area contributed by atoms with Crippen molar-refractivity contribution in [2.45, 2.75) is 45.2 Å². The van der Waals surface area contributed by atoms with Gasteiger partial charge in [0.25, 0.3) is 5.56 Å². The Labute approximate surface area is 165 Å². The van der Waals surface area contributed by atoms with Crippen molar-refractivity contribution in [2.75, 3.05) is 11.1 Å². The quantitative estimate of drug-likeness (QED) is 0.459. The van der Waals surface area contributed by atoms with E-state index in [-0.39, 0.29) is 17.2 Å². The van der Waals surface area contributed by atoms with Crippen molar-refractivity contribution in [1.82, 2.24) is 15.0 Å². The van der Waals surface area contributed by atoms with Gasteiger partial charge in [0, 0.05) is 11.8 Å². The maximum Gasteiger partial charge on any atom is 0.251 e. The van der Waals surface area contributed by atoms with E-state index in [0.717, 1.165) is 40.7 Å². The summed E-state index contributed by atoms with van der Waals surface area (Å²) >= 11 is 2.68. The molecule has 6 nitrogen and oxygen atoms in total. The van der Waals surface area contributed by atoms with Crippen LogP contribution in [0.25, 0.3) is 10.2 Å². The topological polar surface area (TPSA) is 87.7 Å². The van der Waals surface area contributed by atoms with Crippen LogP contribution in [0.4, 0.5) is 5.13 Å². The molecule has 8 heteroatoms. The Hall–Kier alpha value is -2.19. The van der Waals surface area contributed by atoms with Gasteiger partial charge in [-0.3, -0.25) is 9.59 Å². The molecule has 0 fully saturated rings. The molecule has 0 bridgehead atoms. The van der Waals surface area contributed by atoms with Crippen LogP contribution >= 0.6 is 23.1 Å². The number of rotatable bonds is 7. The minimum absolute atomic E-state index is 0.161. The van der Waals surface area contributed by atoms with Crippen LogP contribution in [0.5, 0.6) is 0 Å². The summed E-state index contributed by atoms with van der Waals surface area (Å²) in [4.78, 5) is 35.6. The maximum absolute atomic E-state index is 12.3. The summed E-state index contributed by atoms with van der Waals surface area (Å²) in [7, 11) is 0. The van der Waals surface area contributed by atoms with Gasteiger partial charge in [0.1, 0.15) is 0 Å². The molecule has 1 amide bonds. The molecule has 2 heterocycles. The number of aromatic amines is 1. The third kappa shape index (κ3) is 5.17. The number of carbonyl (C=O) groups excluding carboxylic acids is 1. The van der Waals surface area contributed by atoms with E-state index in [9.17, 15) is 9.59 Å². The van der Waals surface area contributed by atoms with Crippen molar-refractivity contribution < 1.29 is 4.79 Å². The lowest BCUT2D eigenvalue weighted by molar-refractivity contribution is -0.113. The number of unbranched alkanes of at least 4 members (excludes halogenated alkanes) is 1. The fraction of sp³-hybridized carbons (Fsp3) is 0.368. The summed E-state index contributed by atoms with van der Waals surface area (Å²) in [5.74, 6) is -0.0104. The van der Waals surface area contributed by atoms with Crippen molar-refractivity contribution in [3.63, 3.8) is 0 Å². The number of anilines is 1. The second kappa shape index (κ2) is 8.67. The smallest absolute Gasteiger partial charge is 0.251 e. The summed E-state index contributed by atoms with van der Waals surface area (Å²) in [5.41, 5.74) is 3.77. The maximum atomic E-state index is 12.3. The molecule has 0 saturated heterocycles. The molecule has 27 heavy (non-hydrogen) atoms. The summed E-state index contributed by atoms with van der Waals surface area (Å²) in [6, 6.07) is 5.67. The molecule has 3 rings (SSSR count). The van der Waals surface area contributed by atoms with E-state index < -0.39 is 0 Å². The zero-order valence-corrected chi connectivity index (χ0v) is 17.2. The monoisotopic (exact) mass is 402 g/mol. The molecule has 0 aliphatic carbocycles. The predicted molar refractivity (Wildman–Crippen MR) is 112 cm³/mol. The van der Waals surface area contributed by atoms with E-state index in [1.54, 1.807) is 0 Å². The normalized spacial score (nSPS) is 11.1. The average molecular weight is 403 g/mol. The first-order chi connectivity index (χ1) is 12.9. The number of aryl methyl sites for hydroxylation is 3. The lowest BCUT2D eigenvalue weighted by atomic mass is 10.1. The number of hydrogen-bond acceptors (Lipinski definition) is 6. The van der Waals surface area contributed by atoms with Gasteiger partial charge in [-0.15, -0.1) is 0 Å². The minimum atomic E-state index is -0.184. The predicted octanol–water partition coefficient (Wildman–Crippen LogP) is 4.07. The van der Waals surface area contributed by atoms with E-state index in [4.69, 9.17) is 0 Å². The molecule has 0 atom stereocenters. The number of benzene rings is 1. The van der Waals surface area contributed by atoms with Crippen LogP contribution in [0.15, 0.2) is 28.2 Å². The summed E-state index contributed by atoms with van der Waals surface area (Å²) in [5, 5.41) is 3.90. The van der Waals surface area contributed by atoms with Crippen molar-refractivity contribution in [1.29, 1.82) is 0 Å². The van der Waals surface area contributed by atoms with E-state index in [1.807, 2.05) is 13.8 Å². The Morgan fingerprint density at radius 3 is 2.85 bits per heavy atom. The molecule has 0 aliphatic heterocycles. The highest BCUT2D eigenvalue weighted by molar-refractivity contribution is 7.99. The first-order valence-electron chi connectivity index (χ1n) is 8.85. The van der Waals surface area contributed by atoms with Gasteiger partial charge in [0.05, 0.1) is 16.0 Å². The number of thiazole rings is 1. The summed E-state index contributed by atoms with van der Waals surface area (Å²) < 4.78 is 1.06. The molecule has 3 aromatic rings. The number of carbonyl (C=O) groups is 1. The van der Waals surface area contributed by atoms with Crippen molar-refractivity contribution >= 4 is 44.4 Å². The SMILES string of the molecule is CCCCc1cc(=O)[nH]c(SCC(=O)Nc2nc3c(C)cc(C)cc3s2)n1. The third-order valence-corrected chi connectivity index (χ3v) is 5.77. The van der Waals surface area contributed by atoms with E-state index >= 15 is 0 Å². The lowest BCUT2D eigenvalue weighted by Crippen LogP contribution is -2.15. The molecular weight excluding hydrogens is 380 g/mol. The van der Waals surface area contributed by atoms with Gasteiger partial charge in [-0.05, 0) is 43.9 Å². The van der Waals surface area contributed by atoms with Crippen LogP contribution in [0.3, 0.4) is 0 Å². The lowest BCUT2D eigenvalue weighted by Gasteiger charge is -2.04. The van der Waals surface area contributed by atoms with Crippen LogP contribution in [0, 0.1) is 13.8 Å². The van der Waals surface area contributed by atoms with Crippen molar-refractivity contribution in [2.24, 2.45) is 0 Å². The molecule has 0 radical (unpaired) electrons. The molecular formula is C19H22N4O2S2. The fourth-order valence-corrected chi connectivity index (χ4v) is 4.50. The highest BCUT2D eigenvalue weighted by atomic mass is 32.2. The number of thioether (sulfide) groups is 1. The largest absolute Gasteiger partial charge is 0.301 e. The first-order valence-corrected chi connectivity index (χ1v) is 10.7. The first kappa shape index (κ1) is 19.6. The van der Waals surface area contributed by atoms with E-state index in [1.165, 1.54) is 34.7 Å². The van der Waals surface area contributed by atoms with Gasteiger partial charge < -0.3 is 10.3 Å². The van der Waals surface area contributed by atoms with Gasteiger partial charge in [0.2, 0.25) is 5.91 Å². The van der Waals surface area contributed by atoms with E-state index in [2.05, 4.69) is 39.3 Å². The van der Waals surface area contributed by atoms with Gasteiger partial charge >= 0.3 is 0 Å². The average Bonchev–Trinajstić information content (AvgIpc) is 3.00. The number of fused-ring (bicyclic) bond motifs is 1. The fourth-order valence-electron chi connectivity index (χ4n) is 2.75. The number of amides is 1. The minimum Gasteiger partial charge on any atom is -0.301 e. The third-order valence-electron chi connectivity index (χ3n) is 3.98. The highest BCUT2D eigenvalue weighted by Gasteiger charge is 2.11. The molecule has 0 unspecified atom stereocenters. The molecule has 142 valence electrons. The Morgan fingerprint density at radius 1 is 1.26 bits per heavy atom. The molecule has 2 aromatic heterocycles. The molecule has 1 aromatic carbocycles. The Bertz CT molecular complexity index is 1030. The Balaban J connectivity index is 1.64. The number of nitrogens with zero attached hydrogens (tertiary/aromatic N) is 2. The van der Waals surface area contributed by atoms with Gasteiger partial charge in [-0.25, -0.2) is 9.97 Å². The zero-order chi connectivity index (χ0) is 19.4. The summed E-state index contributed by atoms with van der Waals surface area (Å²) in [6.45, 7) is 6.16. The molecule has 2 N–H and O–H groups in total. The number of hydrogen-bond donors (Lipinski definition) is 2. The van der Waals surface area contributed by atoms with Gasteiger partial charge in [0.15, 0.2) is 10.3 Å². The molecule has 0 aliphatic rings. The van der Waals surface area contributed by atoms with Crippen LogP contribution in [-0.2, 0) is 11.2 Å².